The van der Waals surface area contributed by atoms with Crippen LogP contribution in [0.1, 0.15) is 30.1 Å². The average molecular weight is 315 g/mol. The summed E-state index contributed by atoms with van der Waals surface area (Å²) in [5, 5.41) is 7.15. The van der Waals surface area contributed by atoms with E-state index < -0.39 is 0 Å². The third-order valence-corrected chi connectivity index (χ3v) is 4.08. The van der Waals surface area contributed by atoms with Crippen molar-refractivity contribution in [2.75, 3.05) is 26.8 Å². The van der Waals surface area contributed by atoms with Gasteiger partial charge >= 0.3 is 0 Å². The van der Waals surface area contributed by atoms with E-state index in [4.69, 9.17) is 9.72 Å². The summed E-state index contributed by atoms with van der Waals surface area (Å²) >= 11 is 0. The number of aryl methyl sites for hydroxylation is 1. The number of amides is 1. The molecule has 2 aromatic heterocycles. The molecule has 0 radical (unpaired) electrons. The van der Waals surface area contributed by atoms with Crippen molar-refractivity contribution in [3.63, 3.8) is 0 Å². The van der Waals surface area contributed by atoms with Crippen molar-refractivity contribution >= 4 is 5.91 Å². The molecule has 1 N–H and O–H groups in total. The van der Waals surface area contributed by atoms with Crippen LogP contribution in [0.3, 0.4) is 0 Å². The van der Waals surface area contributed by atoms with Gasteiger partial charge in [0.1, 0.15) is 18.0 Å². The lowest BCUT2D eigenvalue weighted by Crippen LogP contribution is -2.41. The second-order valence-electron chi connectivity index (χ2n) is 5.88. The molecule has 7 heteroatoms. The van der Waals surface area contributed by atoms with E-state index in [0.29, 0.717) is 6.54 Å². The van der Waals surface area contributed by atoms with E-state index in [2.05, 4.69) is 15.2 Å². The largest absolute Gasteiger partial charge is 0.375 e. The maximum Gasteiger partial charge on any atom is 0.248 e. The number of carbonyl (C=O) groups is 1. The summed E-state index contributed by atoms with van der Waals surface area (Å²) in [5.41, 5.74) is 3.45. The standard InChI is InChI=1S/C16H21N5O2/c1-11-6-13(20-19-11)15-8-17-7-14(18-15)12-4-3-5-21(9-12)16(22)10-23-2/h6-8,12H,3-5,9-10H2,1-2H3,(H,19,20)/t12-/m0/s1. The van der Waals surface area contributed by atoms with Crippen LogP contribution in [0.4, 0.5) is 0 Å². The molecule has 0 unspecified atom stereocenters. The number of aromatic nitrogens is 4. The molecular weight excluding hydrogens is 294 g/mol. The van der Waals surface area contributed by atoms with Crippen LogP contribution in [-0.4, -0.2) is 57.8 Å². The predicted octanol–water partition coefficient (Wildman–Crippen LogP) is 1.53. The Morgan fingerprint density at radius 2 is 2.30 bits per heavy atom. The van der Waals surface area contributed by atoms with Crippen molar-refractivity contribution in [3.8, 4) is 11.4 Å². The minimum atomic E-state index is 0.0317. The Labute approximate surface area is 135 Å². The molecule has 1 aliphatic heterocycles. The Morgan fingerprint density at radius 1 is 1.43 bits per heavy atom. The topological polar surface area (TPSA) is 84.0 Å². The molecule has 1 aliphatic rings. The molecule has 0 aromatic carbocycles. The third-order valence-electron chi connectivity index (χ3n) is 4.08. The van der Waals surface area contributed by atoms with Crippen LogP contribution in [0.2, 0.25) is 0 Å². The van der Waals surface area contributed by atoms with Gasteiger partial charge in [0.2, 0.25) is 5.91 Å². The van der Waals surface area contributed by atoms with Gasteiger partial charge in [0.25, 0.3) is 0 Å². The molecule has 1 saturated heterocycles. The number of nitrogens with zero attached hydrogens (tertiary/aromatic N) is 4. The summed E-state index contributed by atoms with van der Waals surface area (Å²) < 4.78 is 4.95. The minimum absolute atomic E-state index is 0.0317. The van der Waals surface area contributed by atoms with Gasteiger partial charge in [0.15, 0.2) is 0 Å². The molecule has 0 aliphatic carbocycles. The Morgan fingerprint density at radius 3 is 3.04 bits per heavy atom. The van der Waals surface area contributed by atoms with Crippen molar-refractivity contribution in [1.82, 2.24) is 25.1 Å². The number of nitrogens with one attached hydrogen (secondary N) is 1. The Hall–Kier alpha value is -2.28. The molecule has 0 bridgehead atoms. The van der Waals surface area contributed by atoms with Crippen molar-refractivity contribution < 1.29 is 9.53 Å². The van der Waals surface area contributed by atoms with Gasteiger partial charge in [0.05, 0.1) is 11.9 Å². The zero-order chi connectivity index (χ0) is 16.2. The number of carbonyl (C=O) groups excluding carboxylic acids is 1. The van der Waals surface area contributed by atoms with Crippen LogP contribution in [0, 0.1) is 6.92 Å². The lowest BCUT2D eigenvalue weighted by atomic mass is 9.95. The highest BCUT2D eigenvalue weighted by atomic mass is 16.5. The quantitative estimate of drug-likeness (QED) is 0.925. The third kappa shape index (κ3) is 3.56. The van der Waals surface area contributed by atoms with Crippen molar-refractivity contribution in [2.45, 2.75) is 25.7 Å². The average Bonchev–Trinajstić information content (AvgIpc) is 3.02. The Balaban J connectivity index is 1.77. The number of likely N-dealkylation sites (tertiary alicyclic amines) is 1. The monoisotopic (exact) mass is 315 g/mol. The first kappa shape index (κ1) is 15.6. The molecule has 0 saturated carbocycles. The molecule has 3 rings (SSSR count). The van der Waals surface area contributed by atoms with E-state index in [-0.39, 0.29) is 18.4 Å². The van der Waals surface area contributed by atoms with Crippen molar-refractivity contribution in [3.05, 3.63) is 29.8 Å². The predicted molar refractivity (Wildman–Crippen MR) is 84.8 cm³/mol. The van der Waals surface area contributed by atoms with Gasteiger partial charge in [0, 0.05) is 38.0 Å². The maximum atomic E-state index is 12.0. The minimum Gasteiger partial charge on any atom is -0.375 e. The van der Waals surface area contributed by atoms with Crippen molar-refractivity contribution in [2.24, 2.45) is 0 Å². The first-order valence-corrected chi connectivity index (χ1v) is 7.78. The zero-order valence-electron chi connectivity index (χ0n) is 13.5. The molecule has 7 nitrogen and oxygen atoms in total. The highest BCUT2D eigenvalue weighted by Crippen LogP contribution is 2.26. The second-order valence-corrected chi connectivity index (χ2v) is 5.88. The van der Waals surface area contributed by atoms with E-state index in [1.54, 1.807) is 19.5 Å². The highest BCUT2D eigenvalue weighted by molar-refractivity contribution is 5.77. The molecule has 3 heterocycles. The van der Waals surface area contributed by atoms with Crippen LogP contribution >= 0.6 is 0 Å². The number of piperidine rings is 1. The van der Waals surface area contributed by atoms with Gasteiger partial charge in [-0.05, 0) is 25.8 Å². The van der Waals surface area contributed by atoms with Gasteiger partial charge in [-0.15, -0.1) is 0 Å². The first-order chi connectivity index (χ1) is 11.2. The van der Waals surface area contributed by atoms with Gasteiger partial charge in [-0.3, -0.25) is 14.9 Å². The number of ether oxygens (including phenoxy) is 1. The van der Waals surface area contributed by atoms with Crippen LogP contribution in [0.25, 0.3) is 11.4 Å². The Bertz CT molecular complexity index is 685. The van der Waals surface area contributed by atoms with E-state index >= 15 is 0 Å². The summed E-state index contributed by atoms with van der Waals surface area (Å²) in [7, 11) is 1.54. The highest BCUT2D eigenvalue weighted by Gasteiger charge is 2.26. The zero-order valence-corrected chi connectivity index (χ0v) is 13.5. The molecule has 122 valence electrons. The van der Waals surface area contributed by atoms with Gasteiger partial charge in [-0.25, -0.2) is 4.98 Å². The maximum absolute atomic E-state index is 12.0. The normalized spacial score (nSPS) is 18.2. The van der Waals surface area contributed by atoms with Crippen molar-refractivity contribution in [1.29, 1.82) is 0 Å². The van der Waals surface area contributed by atoms with Crippen LogP contribution in [-0.2, 0) is 9.53 Å². The number of hydrogen-bond acceptors (Lipinski definition) is 5. The van der Waals surface area contributed by atoms with Crippen LogP contribution < -0.4 is 0 Å². The molecule has 23 heavy (non-hydrogen) atoms. The number of aromatic amines is 1. The Kier molecular flexibility index (Phi) is 4.66. The summed E-state index contributed by atoms with van der Waals surface area (Å²) in [6.45, 7) is 3.53. The molecular formula is C16H21N5O2. The molecule has 1 amide bonds. The summed E-state index contributed by atoms with van der Waals surface area (Å²) in [6, 6.07) is 1.95. The first-order valence-electron chi connectivity index (χ1n) is 7.78. The SMILES string of the molecule is COCC(=O)N1CCC[C@H](c2cncc(-c3cc(C)[nH]n3)n2)C1. The fourth-order valence-electron chi connectivity index (χ4n) is 2.91. The van der Waals surface area contributed by atoms with Gasteiger partial charge in [-0.1, -0.05) is 0 Å². The molecule has 2 aromatic rings. The van der Waals surface area contributed by atoms with E-state index in [9.17, 15) is 4.79 Å². The fourth-order valence-corrected chi connectivity index (χ4v) is 2.91. The molecule has 0 spiro atoms. The van der Waals surface area contributed by atoms with Gasteiger partial charge in [-0.2, -0.15) is 5.10 Å². The number of rotatable bonds is 4. The molecule has 1 atom stereocenters. The van der Waals surface area contributed by atoms with Crippen LogP contribution in [0.5, 0.6) is 0 Å². The molecule has 1 fully saturated rings. The number of H-pyrrole nitrogens is 1. The number of methoxy groups -OCH3 is 1. The second kappa shape index (κ2) is 6.87. The van der Waals surface area contributed by atoms with E-state index in [1.165, 1.54) is 0 Å². The fraction of sp³-hybridized carbons (Fsp3) is 0.500. The lowest BCUT2D eigenvalue weighted by molar-refractivity contribution is -0.136. The smallest absolute Gasteiger partial charge is 0.248 e. The van der Waals surface area contributed by atoms with E-state index in [0.717, 1.165) is 42.2 Å². The van der Waals surface area contributed by atoms with Gasteiger partial charge < -0.3 is 9.64 Å². The number of hydrogen-bond donors (Lipinski definition) is 1. The summed E-state index contributed by atoms with van der Waals surface area (Å²) in [4.78, 5) is 22.9. The summed E-state index contributed by atoms with van der Waals surface area (Å²) in [6.07, 6.45) is 5.48. The summed E-state index contributed by atoms with van der Waals surface area (Å²) in [5.74, 6) is 0.237. The van der Waals surface area contributed by atoms with Crippen LogP contribution in [0.15, 0.2) is 18.5 Å². The van der Waals surface area contributed by atoms with E-state index in [1.807, 2.05) is 17.9 Å². The lowest BCUT2D eigenvalue weighted by Gasteiger charge is -2.32.